The molecule has 0 radical (unpaired) electrons. The van der Waals surface area contributed by atoms with Crippen molar-refractivity contribution in [2.24, 2.45) is 0 Å². The monoisotopic (exact) mass is 299 g/mol. The van der Waals surface area contributed by atoms with Crippen LogP contribution in [0.2, 0.25) is 0 Å². The zero-order valence-corrected chi connectivity index (χ0v) is 11.4. The van der Waals surface area contributed by atoms with Crippen LogP contribution in [0.15, 0.2) is 28.3 Å². The number of H-pyrrole nitrogens is 1. The number of thiophene rings is 1. The predicted octanol–water partition coefficient (Wildman–Crippen LogP) is 3.13. The molecule has 2 aromatic rings. The minimum atomic E-state index is 0.259. The zero-order chi connectivity index (χ0) is 11.4. The lowest BCUT2D eigenvalue weighted by atomic mass is 10.1. The minimum absolute atomic E-state index is 0.259. The van der Waals surface area contributed by atoms with Gasteiger partial charge in [0.2, 0.25) is 0 Å². The summed E-state index contributed by atoms with van der Waals surface area (Å²) in [6, 6.07) is 2.35. The SMILES string of the molecule is CCNC(Cc1sccc1Br)c1ncc[nH]1. The molecular weight excluding hydrogens is 286 g/mol. The zero-order valence-electron chi connectivity index (χ0n) is 9.03. The number of imidazole rings is 1. The fourth-order valence-corrected chi connectivity index (χ4v) is 3.20. The van der Waals surface area contributed by atoms with Gasteiger partial charge in [-0.15, -0.1) is 11.3 Å². The topological polar surface area (TPSA) is 40.7 Å². The van der Waals surface area contributed by atoms with Crippen LogP contribution >= 0.6 is 27.3 Å². The van der Waals surface area contributed by atoms with E-state index in [2.05, 4.69) is 49.6 Å². The molecule has 2 N–H and O–H groups in total. The Hall–Kier alpha value is -0.650. The van der Waals surface area contributed by atoms with Crippen LogP contribution in [0.1, 0.15) is 23.7 Å². The normalized spacial score (nSPS) is 12.9. The van der Waals surface area contributed by atoms with Crippen LogP contribution < -0.4 is 5.32 Å². The third-order valence-corrected chi connectivity index (χ3v) is 4.33. The average molecular weight is 300 g/mol. The number of halogens is 1. The first-order chi connectivity index (χ1) is 7.81. The summed E-state index contributed by atoms with van der Waals surface area (Å²) < 4.78 is 1.19. The molecule has 1 unspecified atom stereocenters. The smallest absolute Gasteiger partial charge is 0.123 e. The lowest BCUT2D eigenvalue weighted by molar-refractivity contribution is 0.529. The molecule has 0 aliphatic rings. The van der Waals surface area contributed by atoms with Gasteiger partial charge in [0, 0.05) is 28.2 Å². The van der Waals surface area contributed by atoms with Gasteiger partial charge in [0.1, 0.15) is 5.82 Å². The first-order valence-electron chi connectivity index (χ1n) is 5.25. The maximum atomic E-state index is 4.32. The number of rotatable bonds is 5. The number of hydrogen-bond donors (Lipinski definition) is 2. The Morgan fingerprint density at radius 3 is 3.06 bits per heavy atom. The van der Waals surface area contributed by atoms with Crippen molar-refractivity contribution in [1.82, 2.24) is 15.3 Å². The molecule has 0 aromatic carbocycles. The molecule has 3 nitrogen and oxygen atoms in total. The Balaban J connectivity index is 2.12. The summed E-state index contributed by atoms with van der Waals surface area (Å²) in [5.41, 5.74) is 0. The van der Waals surface area contributed by atoms with E-state index >= 15 is 0 Å². The molecule has 86 valence electrons. The minimum Gasteiger partial charge on any atom is -0.347 e. The number of aromatic nitrogens is 2. The fourth-order valence-electron chi connectivity index (χ4n) is 1.64. The lowest BCUT2D eigenvalue weighted by Gasteiger charge is -2.14. The standard InChI is InChI=1S/C11H14BrN3S/c1-2-13-9(11-14-4-5-15-11)7-10-8(12)3-6-16-10/h3-6,9,13H,2,7H2,1H3,(H,14,15). The summed E-state index contributed by atoms with van der Waals surface area (Å²) in [5.74, 6) is 1.00. The van der Waals surface area contributed by atoms with Crippen molar-refractivity contribution in [2.45, 2.75) is 19.4 Å². The summed E-state index contributed by atoms with van der Waals surface area (Å²) in [6.07, 6.45) is 4.62. The molecule has 0 aliphatic heterocycles. The summed E-state index contributed by atoms with van der Waals surface area (Å²) in [6.45, 7) is 3.05. The molecule has 0 bridgehead atoms. The highest BCUT2D eigenvalue weighted by molar-refractivity contribution is 9.10. The van der Waals surface area contributed by atoms with Gasteiger partial charge in [-0.05, 0) is 33.9 Å². The van der Waals surface area contributed by atoms with Gasteiger partial charge < -0.3 is 10.3 Å². The Kier molecular flexibility index (Phi) is 4.15. The third kappa shape index (κ3) is 2.72. The molecule has 0 spiro atoms. The average Bonchev–Trinajstić information content (AvgIpc) is 2.90. The van der Waals surface area contributed by atoms with Crippen LogP contribution in [-0.4, -0.2) is 16.5 Å². The van der Waals surface area contributed by atoms with Crippen molar-refractivity contribution in [1.29, 1.82) is 0 Å². The van der Waals surface area contributed by atoms with Gasteiger partial charge in [-0.25, -0.2) is 4.98 Å². The van der Waals surface area contributed by atoms with Crippen LogP contribution in [0.25, 0.3) is 0 Å². The number of aromatic amines is 1. The predicted molar refractivity (Wildman–Crippen MR) is 70.7 cm³/mol. The molecule has 0 saturated carbocycles. The second-order valence-electron chi connectivity index (χ2n) is 3.48. The summed E-state index contributed by atoms with van der Waals surface area (Å²) in [7, 11) is 0. The van der Waals surface area contributed by atoms with Gasteiger partial charge >= 0.3 is 0 Å². The lowest BCUT2D eigenvalue weighted by Crippen LogP contribution is -2.23. The summed E-state index contributed by atoms with van der Waals surface area (Å²) >= 11 is 5.33. The largest absolute Gasteiger partial charge is 0.347 e. The van der Waals surface area contributed by atoms with Crippen LogP contribution in [0.4, 0.5) is 0 Å². The van der Waals surface area contributed by atoms with E-state index in [1.807, 2.05) is 6.20 Å². The third-order valence-electron chi connectivity index (χ3n) is 2.38. The van der Waals surface area contributed by atoms with E-state index in [-0.39, 0.29) is 6.04 Å². The van der Waals surface area contributed by atoms with Crippen LogP contribution in [-0.2, 0) is 6.42 Å². The van der Waals surface area contributed by atoms with Crippen molar-refractivity contribution in [2.75, 3.05) is 6.54 Å². The molecule has 0 amide bonds. The number of nitrogens with one attached hydrogen (secondary N) is 2. The van der Waals surface area contributed by atoms with Crippen molar-refractivity contribution in [3.63, 3.8) is 0 Å². The van der Waals surface area contributed by atoms with E-state index in [4.69, 9.17) is 0 Å². The molecule has 0 aliphatic carbocycles. The molecular formula is C11H14BrN3S. The van der Waals surface area contributed by atoms with Gasteiger partial charge in [0.15, 0.2) is 0 Å². The van der Waals surface area contributed by atoms with Gasteiger partial charge in [0.25, 0.3) is 0 Å². The highest BCUT2D eigenvalue weighted by Gasteiger charge is 2.15. The Bertz CT molecular complexity index is 424. The van der Waals surface area contributed by atoms with Crippen molar-refractivity contribution in [3.8, 4) is 0 Å². The van der Waals surface area contributed by atoms with E-state index < -0.39 is 0 Å². The molecule has 2 rings (SSSR count). The molecule has 5 heteroatoms. The Labute approximate surface area is 107 Å². The first kappa shape index (κ1) is 11.8. The number of likely N-dealkylation sites (N-methyl/N-ethyl adjacent to an activating group) is 1. The Morgan fingerprint density at radius 1 is 1.62 bits per heavy atom. The van der Waals surface area contributed by atoms with E-state index in [1.165, 1.54) is 9.35 Å². The number of hydrogen-bond acceptors (Lipinski definition) is 3. The van der Waals surface area contributed by atoms with Crippen LogP contribution in [0, 0.1) is 0 Å². The molecule has 1 atom stereocenters. The van der Waals surface area contributed by atoms with Crippen LogP contribution in [0.5, 0.6) is 0 Å². The second-order valence-corrected chi connectivity index (χ2v) is 5.34. The molecule has 2 heterocycles. The summed E-state index contributed by atoms with van der Waals surface area (Å²) in [4.78, 5) is 8.84. The van der Waals surface area contributed by atoms with E-state index in [0.717, 1.165) is 18.8 Å². The second kappa shape index (κ2) is 5.61. The van der Waals surface area contributed by atoms with Gasteiger partial charge in [-0.2, -0.15) is 0 Å². The van der Waals surface area contributed by atoms with Gasteiger partial charge in [-0.3, -0.25) is 0 Å². The maximum absolute atomic E-state index is 4.32. The van der Waals surface area contributed by atoms with E-state index in [9.17, 15) is 0 Å². The molecule has 0 saturated heterocycles. The quantitative estimate of drug-likeness (QED) is 0.890. The number of nitrogens with zero attached hydrogens (tertiary/aromatic N) is 1. The highest BCUT2D eigenvalue weighted by Crippen LogP contribution is 2.27. The van der Waals surface area contributed by atoms with Crippen molar-refractivity contribution >= 4 is 27.3 Å². The molecule has 2 aromatic heterocycles. The van der Waals surface area contributed by atoms with Crippen molar-refractivity contribution < 1.29 is 0 Å². The van der Waals surface area contributed by atoms with Gasteiger partial charge in [0.05, 0.1) is 6.04 Å². The van der Waals surface area contributed by atoms with Crippen LogP contribution in [0.3, 0.4) is 0 Å². The first-order valence-corrected chi connectivity index (χ1v) is 6.93. The highest BCUT2D eigenvalue weighted by atomic mass is 79.9. The fraction of sp³-hybridized carbons (Fsp3) is 0.364. The van der Waals surface area contributed by atoms with E-state index in [1.54, 1.807) is 17.5 Å². The molecule has 0 fully saturated rings. The van der Waals surface area contributed by atoms with Gasteiger partial charge in [-0.1, -0.05) is 6.92 Å². The maximum Gasteiger partial charge on any atom is 0.123 e. The Morgan fingerprint density at radius 2 is 2.50 bits per heavy atom. The van der Waals surface area contributed by atoms with Crippen molar-refractivity contribution in [3.05, 3.63) is 39.0 Å². The summed E-state index contributed by atoms with van der Waals surface area (Å²) in [5, 5.41) is 5.54. The molecule has 16 heavy (non-hydrogen) atoms. The van der Waals surface area contributed by atoms with E-state index in [0.29, 0.717) is 0 Å².